The van der Waals surface area contributed by atoms with E-state index in [1.54, 1.807) is 0 Å². The van der Waals surface area contributed by atoms with Gasteiger partial charge in [0.2, 0.25) is 0 Å². The second-order valence-corrected chi connectivity index (χ2v) is 13.6. The first-order valence-corrected chi connectivity index (χ1v) is 17.4. The third-order valence-corrected chi connectivity index (χ3v) is 9.40. The molecule has 0 fully saturated rings. The first kappa shape index (κ1) is 31.3. The summed E-state index contributed by atoms with van der Waals surface area (Å²) in [5, 5.41) is 7.65. The Hall–Kier alpha value is -5.94. The molecule has 0 spiro atoms. The van der Waals surface area contributed by atoms with Gasteiger partial charge in [-0.15, -0.1) is 0 Å². The zero-order chi connectivity index (χ0) is 34.4. The number of hydrogen-bond donors (Lipinski definition) is 0. The Morgan fingerprint density at radius 3 is 2.04 bits per heavy atom. The van der Waals surface area contributed by atoms with Crippen LogP contribution in [0.2, 0.25) is 0 Å². The van der Waals surface area contributed by atoms with Crippen LogP contribution in [0.5, 0.6) is 11.5 Å². The number of pyridine rings is 1. The summed E-state index contributed by atoms with van der Waals surface area (Å²) in [7, 11) is 0. The number of ether oxygens (including phenoxy) is 1. The van der Waals surface area contributed by atoms with Gasteiger partial charge in [-0.05, 0) is 77.9 Å². The molecular formula is C45H40N4O. The molecule has 5 nitrogen and oxygen atoms in total. The topological polar surface area (TPSA) is 44.9 Å². The Balaban J connectivity index is 1.26. The Morgan fingerprint density at radius 2 is 1.30 bits per heavy atom. The van der Waals surface area contributed by atoms with Crippen molar-refractivity contribution in [3.63, 3.8) is 0 Å². The molecule has 3 heterocycles. The van der Waals surface area contributed by atoms with E-state index in [0.717, 1.165) is 73.1 Å². The largest absolute Gasteiger partial charge is 0.457 e. The van der Waals surface area contributed by atoms with Crippen LogP contribution in [0.25, 0.3) is 55.7 Å². The summed E-state index contributed by atoms with van der Waals surface area (Å²) in [5.41, 5.74) is 11.0. The summed E-state index contributed by atoms with van der Waals surface area (Å²) < 4.78 is 11.1. The fourth-order valence-corrected chi connectivity index (χ4v) is 7.00. The van der Waals surface area contributed by atoms with Gasteiger partial charge in [0.15, 0.2) is 0 Å². The molecule has 0 atom stereocenters. The van der Waals surface area contributed by atoms with Crippen LogP contribution in [-0.4, -0.2) is 19.3 Å². The summed E-state index contributed by atoms with van der Waals surface area (Å²) in [6.45, 7) is 11.0. The van der Waals surface area contributed by atoms with Crippen molar-refractivity contribution in [2.45, 2.75) is 46.5 Å². The van der Waals surface area contributed by atoms with Crippen LogP contribution in [-0.2, 0) is 0 Å². The molecule has 0 aliphatic heterocycles. The van der Waals surface area contributed by atoms with Crippen LogP contribution in [0.4, 0.5) is 0 Å². The van der Waals surface area contributed by atoms with Gasteiger partial charge in [-0.1, -0.05) is 107 Å². The van der Waals surface area contributed by atoms with Gasteiger partial charge < -0.3 is 4.74 Å². The number of nitrogens with zero attached hydrogens (tertiary/aromatic N) is 4. The van der Waals surface area contributed by atoms with E-state index in [9.17, 15) is 0 Å². The average molecular weight is 653 g/mol. The maximum absolute atomic E-state index is 6.72. The highest BCUT2D eigenvalue weighted by Gasteiger charge is 2.24. The maximum Gasteiger partial charge on any atom is 0.137 e. The van der Waals surface area contributed by atoms with Crippen molar-refractivity contribution in [2.24, 2.45) is 0 Å². The minimum absolute atomic E-state index is 0.226. The highest BCUT2D eigenvalue weighted by Crippen LogP contribution is 2.41. The normalized spacial score (nSPS) is 11.7. The van der Waals surface area contributed by atoms with Gasteiger partial charge in [-0.25, -0.2) is 9.67 Å². The Kier molecular flexibility index (Phi) is 8.04. The molecule has 5 heteroatoms. The SMILES string of the molecule is Cc1cc(Oc2ccc3c4ccccc4n(-c4cc(C(C)C)ccn4)c3c2)cc(-n2nc(C(C)C)c(-c3ccccc3)c2-c2ccccc2)c1. The first-order chi connectivity index (χ1) is 24.4. The summed E-state index contributed by atoms with van der Waals surface area (Å²) in [6, 6.07) is 46.7. The van der Waals surface area contributed by atoms with Crippen LogP contribution in [0.15, 0.2) is 140 Å². The van der Waals surface area contributed by atoms with Crippen molar-refractivity contribution in [1.29, 1.82) is 0 Å². The lowest BCUT2D eigenvalue weighted by Crippen LogP contribution is -2.02. The van der Waals surface area contributed by atoms with E-state index < -0.39 is 0 Å². The van der Waals surface area contributed by atoms with Gasteiger partial charge in [0.1, 0.15) is 17.3 Å². The van der Waals surface area contributed by atoms with E-state index in [4.69, 9.17) is 14.8 Å². The highest BCUT2D eigenvalue weighted by atomic mass is 16.5. The van der Waals surface area contributed by atoms with E-state index in [2.05, 4.69) is 177 Å². The lowest BCUT2D eigenvalue weighted by molar-refractivity contribution is 0.482. The molecule has 0 amide bonds. The van der Waals surface area contributed by atoms with Gasteiger partial charge in [0.25, 0.3) is 0 Å². The molecule has 5 aromatic carbocycles. The third kappa shape index (κ3) is 5.65. The van der Waals surface area contributed by atoms with Crippen molar-refractivity contribution in [1.82, 2.24) is 19.3 Å². The second-order valence-electron chi connectivity index (χ2n) is 13.6. The molecule has 0 bridgehead atoms. The van der Waals surface area contributed by atoms with Crippen molar-refractivity contribution >= 4 is 21.8 Å². The zero-order valence-corrected chi connectivity index (χ0v) is 29.1. The van der Waals surface area contributed by atoms with E-state index in [1.807, 2.05) is 6.20 Å². The van der Waals surface area contributed by atoms with Crippen LogP contribution in [0.1, 0.15) is 56.4 Å². The van der Waals surface area contributed by atoms with Gasteiger partial charge in [-0.2, -0.15) is 5.10 Å². The number of aryl methyl sites for hydroxylation is 1. The molecule has 0 aliphatic rings. The second kappa shape index (κ2) is 12.8. The molecule has 246 valence electrons. The molecule has 8 rings (SSSR count). The van der Waals surface area contributed by atoms with Crippen LogP contribution in [0.3, 0.4) is 0 Å². The minimum Gasteiger partial charge on any atom is -0.457 e. The monoisotopic (exact) mass is 652 g/mol. The van der Waals surface area contributed by atoms with Crippen LogP contribution in [0, 0.1) is 6.92 Å². The van der Waals surface area contributed by atoms with Crippen molar-refractivity contribution in [2.75, 3.05) is 0 Å². The highest BCUT2D eigenvalue weighted by molar-refractivity contribution is 6.09. The fraction of sp³-hybridized carbons (Fsp3) is 0.156. The molecule has 0 aliphatic carbocycles. The number of aromatic nitrogens is 4. The molecule has 0 saturated carbocycles. The molecule has 0 radical (unpaired) electrons. The van der Waals surface area contributed by atoms with E-state index in [1.165, 1.54) is 10.9 Å². The van der Waals surface area contributed by atoms with E-state index in [0.29, 0.717) is 5.92 Å². The molecule has 0 unspecified atom stereocenters. The van der Waals surface area contributed by atoms with Crippen molar-refractivity contribution in [3.05, 3.63) is 156 Å². The standard InChI is InChI=1S/C45H40N4O/c1-29(2)34-22-23-46-42(26-34)48-40-19-13-12-18-38(40)39-21-20-36(28-41(39)48)50-37-25-31(5)24-35(27-37)49-45(33-16-10-7-11-17-33)43(44(47-49)30(3)4)32-14-8-6-9-15-32/h6-30H,1-5H3. The number of hydrogen-bond acceptors (Lipinski definition) is 3. The number of para-hydroxylation sites is 1. The van der Waals surface area contributed by atoms with Gasteiger partial charge in [0, 0.05) is 40.2 Å². The van der Waals surface area contributed by atoms with Crippen LogP contribution < -0.4 is 4.74 Å². The maximum atomic E-state index is 6.72. The summed E-state index contributed by atoms with van der Waals surface area (Å²) in [5.74, 6) is 3.04. The first-order valence-electron chi connectivity index (χ1n) is 17.4. The number of fused-ring (bicyclic) bond motifs is 3. The van der Waals surface area contributed by atoms with Gasteiger partial charge >= 0.3 is 0 Å². The third-order valence-electron chi connectivity index (χ3n) is 9.40. The van der Waals surface area contributed by atoms with Crippen LogP contribution >= 0.6 is 0 Å². The Morgan fingerprint density at radius 1 is 0.600 bits per heavy atom. The summed E-state index contributed by atoms with van der Waals surface area (Å²) in [6.07, 6.45) is 1.91. The van der Waals surface area contributed by atoms with E-state index in [-0.39, 0.29) is 5.92 Å². The lowest BCUT2D eigenvalue weighted by Gasteiger charge is -2.14. The smallest absolute Gasteiger partial charge is 0.137 e. The summed E-state index contributed by atoms with van der Waals surface area (Å²) >= 11 is 0. The Labute approximate surface area is 293 Å². The predicted molar refractivity (Wildman–Crippen MR) is 206 cm³/mol. The zero-order valence-electron chi connectivity index (χ0n) is 29.1. The van der Waals surface area contributed by atoms with Crippen molar-refractivity contribution in [3.8, 4) is 45.4 Å². The lowest BCUT2D eigenvalue weighted by atomic mass is 9.94. The van der Waals surface area contributed by atoms with Crippen molar-refractivity contribution < 1.29 is 4.74 Å². The van der Waals surface area contributed by atoms with Gasteiger partial charge in [0.05, 0.1) is 28.1 Å². The number of benzene rings is 5. The fourth-order valence-electron chi connectivity index (χ4n) is 7.00. The number of rotatable bonds is 8. The average Bonchev–Trinajstić information content (AvgIpc) is 3.69. The molecular weight excluding hydrogens is 613 g/mol. The molecule has 0 N–H and O–H groups in total. The molecule has 8 aromatic rings. The van der Waals surface area contributed by atoms with Gasteiger partial charge in [-0.3, -0.25) is 4.57 Å². The predicted octanol–water partition coefficient (Wildman–Crippen LogP) is 12.0. The molecule has 0 saturated heterocycles. The molecule has 3 aromatic heterocycles. The minimum atomic E-state index is 0.226. The molecule has 50 heavy (non-hydrogen) atoms. The summed E-state index contributed by atoms with van der Waals surface area (Å²) in [4.78, 5) is 4.82. The quantitative estimate of drug-likeness (QED) is 0.164. The Bertz CT molecular complexity index is 2470. The van der Waals surface area contributed by atoms with E-state index >= 15 is 0 Å².